The summed E-state index contributed by atoms with van der Waals surface area (Å²) < 4.78 is 27.2. The summed E-state index contributed by atoms with van der Waals surface area (Å²) in [5.41, 5.74) is 0. The van der Waals surface area contributed by atoms with Gasteiger partial charge in [0.2, 0.25) is 0 Å². The number of rotatable bonds is 4. The highest BCUT2D eigenvalue weighted by molar-refractivity contribution is 7.91. The molecule has 0 bridgehead atoms. The van der Waals surface area contributed by atoms with Gasteiger partial charge in [-0.05, 0) is 12.3 Å². The molecule has 1 saturated heterocycles. The summed E-state index contributed by atoms with van der Waals surface area (Å²) in [6.45, 7) is 0.504. The van der Waals surface area contributed by atoms with Gasteiger partial charge in [0.1, 0.15) is 0 Å². The zero-order valence-corrected chi connectivity index (χ0v) is 12.6. The number of anilines is 1. The quantitative estimate of drug-likeness (QED) is 0.843. The van der Waals surface area contributed by atoms with Gasteiger partial charge < -0.3 is 10.1 Å². The third-order valence-electron chi connectivity index (χ3n) is 2.83. The first-order valence-electron chi connectivity index (χ1n) is 5.60. The molecule has 1 aliphatic heterocycles. The van der Waals surface area contributed by atoms with E-state index < -0.39 is 15.8 Å². The Morgan fingerprint density at radius 3 is 2.95 bits per heavy atom. The van der Waals surface area contributed by atoms with Gasteiger partial charge in [0.25, 0.3) is 0 Å². The maximum absolute atomic E-state index is 11.3. The lowest BCUT2D eigenvalue weighted by Crippen LogP contribution is -2.15. The second kappa shape index (κ2) is 5.64. The predicted molar refractivity (Wildman–Crippen MR) is 73.7 cm³/mol. The number of sulfone groups is 1. The number of carbonyl (C=O) groups is 1. The van der Waals surface area contributed by atoms with Crippen LogP contribution in [-0.2, 0) is 14.6 Å². The van der Waals surface area contributed by atoms with Crippen LogP contribution < -0.4 is 5.32 Å². The van der Waals surface area contributed by atoms with Crippen molar-refractivity contribution in [1.82, 2.24) is 4.98 Å². The van der Waals surface area contributed by atoms with Crippen molar-refractivity contribution in [2.24, 2.45) is 5.92 Å². The van der Waals surface area contributed by atoms with Gasteiger partial charge in [-0.25, -0.2) is 18.2 Å². The van der Waals surface area contributed by atoms with Crippen LogP contribution in [0.2, 0.25) is 5.15 Å². The van der Waals surface area contributed by atoms with E-state index in [0.717, 1.165) is 11.3 Å². The number of carbonyl (C=O) groups excluding carboxylic acids is 1. The molecule has 0 aromatic carbocycles. The maximum atomic E-state index is 11.3. The molecule has 0 radical (unpaired) electrons. The summed E-state index contributed by atoms with van der Waals surface area (Å²) in [5, 5.41) is 3.61. The largest absolute Gasteiger partial charge is 0.465 e. The molecule has 0 spiro atoms. The number of esters is 1. The molecule has 0 aliphatic carbocycles. The molecule has 0 amide bonds. The number of hydrogen-bond donors (Lipinski definition) is 1. The molecule has 106 valence electrons. The van der Waals surface area contributed by atoms with Crippen molar-refractivity contribution in [2.45, 2.75) is 6.42 Å². The standard InChI is InChI=1S/C10H13ClN2O4S2/c1-17-9(14)7-8(11)13-10(18-7)12-4-6-2-3-19(15,16)5-6/h6H,2-5H2,1H3,(H,12,13). The van der Waals surface area contributed by atoms with Gasteiger partial charge in [-0.1, -0.05) is 22.9 Å². The summed E-state index contributed by atoms with van der Waals surface area (Å²) in [6.07, 6.45) is 0.651. The SMILES string of the molecule is COC(=O)c1sc(NCC2CCS(=O)(=O)C2)nc1Cl. The van der Waals surface area contributed by atoms with E-state index in [1.807, 2.05) is 0 Å². The average Bonchev–Trinajstić information content (AvgIpc) is 2.88. The Morgan fingerprint density at radius 2 is 2.37 bits per heavy atom. The fourth-order valence-corrected chi connectivity index (χ4v) is 4.83. The summed E-state index contributed by atoms with van der Waals surface area (Å²) in [5.74, 6) is -0.0119. The Hall–Kier alpha value is -0.860. The number of ether oxygens (including phenoxy) is 1. The zero-order chi connectivity index (χ0) is 14.0. The molecule has 1 aliphatic rings. The van der Waals surface area contributed by atoms with Crippen LogP contribution in [-0.4, -0.2) is 44.5 Å². The fraction of sp³-hybridized carbons (Fsp3) is 0.600. The number of halogens is 1. The molecule has 0 saturated carbocycles. The van der Waals surface area contributed by atoms with Gasteiger partial charge in [0.15, 0.2) is 25.0 Å². The van der Waals surface area contributed by atoms with E-state index in [2.05, 4.69) is 15.0 Å². The number of thiazole rings is 1. The Kier molecular flexibility index (Phi) is 4.32. The molecule has 9 heteroatoms. The number of aromatic nitrogens is 1. The van der Waals surface area contributed by atoms with Crippen LogP contribution in [0.3, 0.4) is 0 Å². The molecule has 2 rings (SSSR count). The number of nitrogens with zero attached hydrogens (tertiary/aromatic N) is 1. The van der Waals surface area contributed by atoms with Crippen LogP contribution in [0.25, 0.3) is 0 Å². The number of methoxy groups -OCH3 is 1. The normalized spacial score (nSPS) is 21.3. The number of hydrogen-bond acceptors (Lipinski definition) is 7. The van der Waals surface area contributed by atoms with Crippen molar-refractivity contribution in [3.8, 4) is 0 Å². The van der Waals surface area contributed by atoms with E-state index in [9.17, 15) is 13.2 Å². The molecular weight excluding hydrogens is 312 g/mol. The zero-order valence-electron chi connectivity index (χ0n) is 10.2. The average molecular weight is 325 g/mol. The van der Waals surface area contributed by atoms with Crippen LogP contribution in [0.15, 0.2) is 0 Å². The van der Waals surface area contributed by atoms with Gasteiger partial charge in [-0.3, -0.25) is 0 Å². The highest BCUT2D eigenvalue weighted by atomic mass is 35.5. The van der Waals surface area contributed by atoms with Gasteiger partial charge in [0.05, 0.1) is 18.6 Å². The molecule has 1 fully saturated rings. The second-order valence-corrected chi connectivity index (χ2v) is 7.87. The Morgan fingerprint density at radius 1 is 1.63 bits per heavy atom. The van der Waals surface area contributed by atoms with Crippen molar-refractivity contribution in [1.29, 1.82) is 0 Å². The monoisotopic (exact) mass is 324 g/mol. The van der Waals surface area contributed by atoms with E-state index in [-0.39, 0.29) is 27.5 Å². The molecule has 1 atom stereocenters. The van der Waals surface area contributed by atoms with E-state index in [1.165, 1.54) is 7.11 Å². The molecule has 1 N–H and O–H groups in total. The first kappa shape index (κ1) is 14.5. The first-order valence-corrected chi connectivity index (χ1v) is 8.62. The molecule has 1 unspecified atom stereocenters. The van der Waals surface area contributed by atoms with E-state index in [1.54, 1.807) is 0 Å². The summed E-state index contributed by atoms with van der Waals surface area (Å²) >= 11 is 6.92. The van der Waals surface area contributed by atoms with E-state index in [4.69, 9.17) is 11.6 Å². The Bertz CT molecular complexity index is 584. The third-order valence-corrected chi connectivity index (χ3v) is 6.04. The number of nitrogens with one attached hydrogen (secondary N) is 1. The highest BCUT2D eigenvalue weighted by Crippen LogP contribution is 2.28. The van der Waals surface area contributed by atoms with E-state index >= 15 is 0 Å². The van der Waals surface area contributed by atoms with Crippen LogP contribution >= 0.6 is 22.9 Å². The van der Waals surface area contributed by atoms with Crippen molar-refractivity contribution < 1.29 is 17.9 Å². The highest BCUT2D eigenvalue weighted by Gasteiger charge is 2.28. The summed E-state index contributed by atoms with van der Waals surface area (Å²) in [7, 11) is -1.60. The van der Waals surface area contributed by atoms with Crippen molar-refractivity contribution >= 4 is 43.9 Å². The minimum atomic E-state index is -2.88. The summed E-state index contributed by atoms with van der Waals surface area (Å²) in [6, 6.07) is 0. The molecule has 6 nitrogen and oxygen atoms in total. The van der Waals surface area contributed by atoms with Crippen molar-refractivity contribution in [3.05, 3.63) is 10.0 Å². The predicted octanol–water partition coefficient (Wildman–Crippen LogP) is 1.43. The van der Waals surface area contributed by atoms with Crippen LogP contribution in [0, 0.1) is 5.92 Å². The first-order chi connectivity index (χ1) is 8.91. The molecule has 19 heavy (non-hydrogen) atoms. The van der Waals surface area contributed by atoms with Crippen LogP contribution in [0.5, 0.6) is 0 Å². The Balaban J connectivity index is 1.96. The van der Waals surface area contributed by atoms with Crippen molar-refractivity contribution in [3.63, 3.8) is 0 Å². The second-order valence-electron chi connectivity index (χ2n) is 4.28. The molecule has 1 aromatic rings. The summed E-state index contributed by atoms with van der Waals surface area (Å²) in [4.78, 5) is 15.6. The third kappa shape index (κ3) is 3.58. The minimum Gasteiger partial charge on any atom is -0.465 e. The molecular formula is C10H13ClN2O4S2. The molecule has 1 aromatic heterocycles. The molecule has 2 heterocycles. The lowest BCUT2D eigenvalue weighted by atomic mass is 10.1. The van der Waals surface area contributed by atoms with Crippen LogP contribution in [0.1, 0.15) is 16.1 Å². The lowest BCUT2D eigenvalue weighted by molar-refractivity contribution is 0.0606. The smallest absolute Gasteiger partial charge is 0.351 e. The fourth-order valence-electron chi connectivity index (χ4n) is 1.86. The van der Waals surface area contributed by atoms with Gasteiger partial charge in [-0.2, -0.15) is 0 Å². The maximum Gasteiger partial charge on any atom is 0.351 e. The van der Waals surface area contributed by atoms with Gasteiger partial charge >= 0.3 is 5.97 Å². The lowest BCUT2D eigenvalue weighted by Gasteiger charge is -2.07. The topological polar surface area (TPSA) is 85.4 Å². The van der Waals surface area contributed by atoms with Crippen LogP contribution in [0.4, 0.5) is 5.13 Å². The van der Waals surface area contributed by atoms with E-state index in [0.29, 0.717) is 18.1 Å². The Labute approximate surface area is 120 Å². The van der Waals surface area contributed by atoms with Gasteiger partial charge in [-0.15, -0.1) is 0 Å². The van der Waals surface area contributed by atoms with Gasteiger partial charge in [0, 0.05) is 6.54 Å². The van der Waals surface area contributed by atoms with Crippen molar-refractivity contribution in [2.75, 3.05) is 30.5 Å². The minimum absolute atomic E-state index is 0.0780.